The van der Waals surface area contributed by atoms with E-state index in [1.54, 1.807) is 30.4 Å². The van der Waals surface area contributed by atoms with Crippen LogP contribution in [0.1, 0.15) is 11.3 Å². The molecule has 0 saturated carbocycles. The Hall–Kier alpha value is -1.66. The number of aromatic nitrogens is 1. The van der Waals surface area contributed by atoms with Gasteiger partial charge in [0.1, 0.15) is 6.21 Å². The maximum Gasteiger partial charge on any atom is 0.737 e. The summed E-state index contributed by atoms with van der Waals surface area (Å²) in [7, 11) is 0. The smallest absolute Gasteiger partial charge is 0.396 e. The van der Waals surface area contributed by atoms with Crippen molar-refractivity contribution in [3.8, 4) is 0 Å². The van der Waals surface area contributed by atoms with Crippen LogP contribution in [-0.2, 0) is 0 Å². The molecule has 0 amide bonds. The molecule has 0 N–H and O–H groups in total. The standard InChI is InChI=1S/C15H9BBrClF2N2/c17-10-5-6-11(12(18)9-10)15-13-3-1-7-21(13)16(19,20)22-8-2-4-14(15)22/h1-9H. The quantitative estimate of drug-likeness (QED) is 0.641. The second-order valence-electron chi connectivity index (χ2n) is 5.19. The third-order valence-corrected chi connectivity index (χ3v) is 4.75. The first kappa shape index (κ1) is 14.0. The Labute approximate surface area is 139 Å². The van der Waals surface area contributed by atoms with Crippen molar-refractivity contribution < 1.29 is 13.1 Å². The van der Waals surface area contributed by atoms with Crippen LogP contribution in [0.3, 0.4) is 0 Å². The summed E-state index contributed by atoms with van der Waals surface area (Å²) >= 11 is 9.72. The number of benzene rings is 1. The Kier molecular flexibility index (Phi) is 2.96. The molecule has 0 bridgehead atoms. The molecule has 0 atom stereocenters. The highest BCUT2D eigenvalue weighted by molar-refractivity contribution is 9.10. The van der Waals surface area contributed by atoms with E-state index in [0.29, 0.717) is 22.0 Å². The van der Waals surface area contributed by atoms with Crippen molar-refractivity contribution >= 4 is 46.3 Å². The lowest BCUT2D eigenvalue weighted by Crippen LogP contribution is -2.49. The molecular weight excluding hydrogens is 372 g/mol. The van der Waals surface area contributed by atoms with Gasteiger partial charge in [-0.15, -0.1) is 0 Å². The number of hydrogen-bond donors (Lipinski definition) is 0. The number of rotatable bonds is 1. The predicted octanol–water partition coefficient (Wildman–Crippen LogP) is 4.55. The van der Waals surface area contributed by atoms with Crippen LogP contribution in [0.2, 0.25) is 5.02 Å². The maximum absolute atomic E-state index is 14.6. The Bertz CT molecular complexity index is 899. The van der Waals surface area contributed by atoms with Gasteiger partial charge in [0.15, 0.2) is 5.70 Å². The zero-order chi connectivity index (χ0) is 15.5. The number of halogens is 4. The second-order valence-corrected chi connectivity index (χ2v) is 6.51. The van der Waals surface area contributed by atoms with E-state index in [9.17, 15) is 8.63 Å². The fourth-order valence-corrected chi connectivity index (χ4v) is 3.75. The third kappa shape index (κ3) is 1.80. The number of hydrogen-bond acceptors (Lipinski definition) is 0. The summed E-state index contributed by atoms with van der Waals surface area (Å²) in [5.41, 5.74) is 2.39. The van der Waals surface area contributed by atoms with Crippen LogP contribution in [-0.4, -0.2) is 22.1 Å². The fraction of sp³-hybridized carbons (Fsp3) is 0. The molecule has 1 aromatic heterocycles. The summed E-state index contributed by atoms with van der Waals surface area (Å²) in [6.45, 7) is -3.87. The Morgan fingerprint density at radius 3 is 2.82 bits per heavy atom. The van der Waals surface area contributed by atoms with Gasteiger partial charge < -0.3 is 17.6 Å². The van der Waals surface area contributed by atoms with E-state index in [1.807, 2.05) is 12.1 Å². The zero-order valence-electron chi connectivity index (χ0n) is 11.2. The van der Waals surface area contributed by atoms with E-state index >= 15 is 0 Å². The van der Waals surface area contributed by atoms with Gasteiger partial charge in [0, 0.05) is 32.9 Å². The van der Waals surface area contributed by atoms with Crippen LogP contribution in [0.5, 0.6) is 0 Å². The van der Waals surface area contributed by atoms with Crippen molar-refractivity contribution in [3.05, 3.63) is 75.1 Å². The molecule has 0 spiro atoms. The van der Waals surface area contributed by atoms with Gasteiger partial charge in [-0.2, -0.15) is 0 Å². The molecule has 1 aromatic carbocycles. The molecule has 4 rings (SSSR count). The lowest BCUT2D eigenvalue weighted by molar-refractivity contribution is -0.356. The molecule has 22 heavy (non-hydrogen) atoms. The van der Waals surface area contributed by atoms with Gasteiger partial charge in [0.2, 0.25) is 0 Å². The van der Waals surface area contributed by atoms with Gasteiger partial charge in [-0.3, -0.25) is 0 Å². The summed E-state index contributed by atoms with van der Waals surface area (Å²) in [5.74, 6) is 0. The van der Waals surface area contributed by atoms with Crippen LogP contribution in [0.15, 0.2) is 58.9 Å². The van der Waals surface area contributed by atoms with Crippen molar-refractivity contribution in [1.82, 2.24) is 4.48 Å². The fourth-order valence-electron chi connectivity index (χ4n) is 2.99. The minimum absolute atomic E-state index is 0.473. The minimum Gasteiger partial charge on any atom is -0.396 e. The summed E-state index contributed by atoms with van der Waals surface area (Å²) in [6.07, 6.45) is 6.14. The van der Waals surface area contributed by atoms with Crippen molar-refractivity contribution in [2.24, 2.45) is 0 Å². The Balaban J connectivity index is 2.07. The molecule has 0 radical (unpaired) electrons. The van der Waals surface area contributed by atoms with E-state index in [-0.39, 0.29) is 0 Å². The molecule has 2 aliphatic rings. The van der Waals surface area contributed by atoms with Crippen molar-refractivity contribution in [1.29, 1.82) is 0 Å². The van der Waals surface area contributed by atoms with Gasteiger partial charge in [-0.1, -0.05) is 33.6 Å². The molecular formula is C15H9BBrClF2N2. The molecule has 2 nitrogen and oxygen atoms in total. The number of fused-ring (bicyclic) bond motifs is 2. The van der Waals surface area contributed by atoms with Crippen LogP contribution >= 0.6 is 27.5 Å². The molecule has 3 heterocycles. The highest BCUT2D eigenvalue weighted by Gasteiger charge is 2.51. The second kappa shape index (κ2) is 4.67. The molecule has 0 aliphatic carbocycles. The summed E-state index contributed by atoms with van der Waals surface area (Å²) in [5, 5.41) is 0.516. The SMILES string of the molecule is F[B-]1(F)n2cccc2C(c2ccc(Br)cc2Cl)=C2C=CC=[N+]21. The monoisotopic (exact) mass is 380 g/mol. The van der Waals surface area contributed by atoms with Gasteiger partial charge in [-0.05, 0) is 30.5 Å². The van der Waals surface area contributed by atoms with Gasteiger partial charge in [0.05, 0.1) is 5.57 Å². The summed E-state index contributed by atoms with van der Waals surface area (Å²) in [4.78, 5) is 0. The molecule has 2 aromatic rings. The third-order valence-electron chi connectivity index (χ3n) is 3.94. The summed E-state index contributed by atoms with van der Waals surface area (Å²) in [6, 6.07) is 8.78. The molecule has 2 aliphatic heterocycles. The molecule has 0 unspecified atom stereocenters. The normalized spacial score (nSPS) is 18.3. The Morgan fingerprint density at radius 2 is 2.05 bits per heavy atom. The van der Waals surface area contributed by atoms with Crippen LogP contribution in [0.25, 0.3) is 5.57 Å². The lowest BCUT2D eigenvalue weighted by atomic mass is 9.86. The van der Waals surface area contributed by atoms with Crippen LogP contribution < -0.4 is 0 Å². The number of allylic oxidation sites excluding steroid dienone is 2. The summed E-state index contributed by atoms with van der Waals surface area (Å²) < 4.78 is 32.2. The van der Waals surface area contributed by atoms with Crippen molar-refractivity contribution in [2.45, 2.75) is 0 Å². The highest BCUT2D eigenvalue weighted by atomic mass is 79.9. The van der Waals surface area contributed by atoms with E-state index in [4.69, 9.17) is 11.6 Å². The van der Waals surface area contributed by atoms with E-state index < -0.39 is 6.97 Å². The Morgan fingerprint density at radius 1 is 1.23 bits per heavy atom. The molecule has 0 fully saturated rings. The van der Waals surface area contributed by atoms with Gasteiger partial charge in [0.25, 0.3) is 0 Å². The van der Waals surface area contributed by atoms with Crippen molar-refractivity contribution in [2.75, 3.05) is 0 Å². The topological polar surface area (TPSA) is 7.94 Å². The lowest BCUT2D eigenvalue weighted by Gasteiger charge is -2.31. The van der Waals surface area contributed by atoms with Crippen LogP contribution in [0.4, 0.5) is 8.63 Å². The van der Waals surface area contributed by atoms with Crippen LogP contribution in [0, 0.1) is 0 Å². The first-order valence-electron chi connectivity index (χ1n) is 6.69. The molecule has 110 valence electrons. The van der Waals surface area contributed by atoms with Crippen molar-refractivity contribution in [3.63, 3.8) is 0 Å². The maximum atomic E-state index is 14.6. The largest absolute Gasteiger partial charge is 0.737 e. The van der Waals surface area contributed by atoms with Gasteiger partial charge >= 0.3 is 6.97 Å². The highest BCUT2D eigenvalue weighted by Crippen LogP contribution is 2.40. The van der Waals surface area contributed by atoms with E-state index in [0.717, 1.165) is 19.0 Å². The first-order valence-corrected chi connectivity index (χ1v) is 7.86. The van der Waals surface area contributed by atoms with E-state index in [1.165, 1.54) is 12.4 Å². The first-order chi connectivity index (χ1) is 10.5. The average Bonchev–Trinajstić information content (AvgIpc) is 3.11. The van der Waals surface area contributed by atoms with E-state index in [2.05, 4.69) is 15.9 Å². The van der Waals surface area contributed by atoms with Gasteiger partial charge in [-0.25, -0.2) is 0 Å². The molecule has 7 heteroatoms. The molecule has 0 saturated heterocycles. The minimum atomic E-state index is -3.87. The predicted molar refractivity (Wildman–Crippen MR) is 88.4 cm³/mol. The zero-order valence-corrected chi connectivity index (χ0v) is 13.5. The number of nitrogens with zero attached hydrogens (tertiary/aromatic N) is 2. The average molecular weight is 381 g/mol.